The number of hydrogen-bond acceptors (Lipinski definition) is 0. The molecular weight excluding hydrogens is 134 g/mol. The summed E-state index contributed by atoms with van der Waals surface area (Å²) in [6.45, 7) is 16.1. The van der Waals surface area contributed by atoms with E-state index in [0.29, 0.717) is 5.92 Å². The van der Waals surface area contributed by atoms with Crippen molar-refractivity contribution in [2.45, 2.75) is 0 Å². The number of nitrogens with zero attached hydrogens (tertiary/aromatic N) is 1. The van der Waals surface area contributed by atoms with Crippen molar-refractivity contribution >= 4 is 0 Å². The normalized spacial score (nSPS) is 22.3. The van der Waals surface area contributed by atoms with Gasteiger partial charge in [-0.15, -0.1) is 0 Å². The van der Waals surface area contributed by atoms with E-state index in [9.17, 15) is 0 Å². The Morgan fingerprint density at radius 2 is 1.73 bits per heavy atom. The SMILES string of the molecule is [CH2]C1C[N+](CC=C)(CC=C)C1.[H]. The van der Waals surface area contributed by atoms with Gasteiger partial charge in [0.1, 0.15) is 0 Å². The molecule has 1 aliphatic heterocycles. The van der Waals surface area contributed by atoms with E-state index in [0.717, 1.165) is 17.6 Å². The molecular formula is C10H18N+. The zero-order valence-electron chi connectivity index (χ0n) is 8.13. The molecule has 0 spiro atoms. The minimum absolute atomic E-state index is 0. The van der Waals surface area contributed by atoms with Gasteiger partial charge in [-0.05, 0) is 19.1 Å². The fourth-order valence-corrected chi connectivity index (χ4v) is 1.96. The number of likely N-dealkylation sites (tertiary alicyclic amines) is 1. The van der Waals surface area contributed by atoms with Crippen LogP contribution in [0.15, 0.2) is 25.3 Å². The van der Waals surface area contributed by atoms with Gasteiger partial charge < -0.3 is 4.48 Å². The van der Waals surface area contributed by atoms with Gasteiger partial charge in [-0.3, -0.25) is 0 Å². The topological polar surface area (TPSA) is 0 Å². The monoisotopic (exact) mass is 152 g/mol. The van der Waals surface area contributed by atoms with Crippen LogP contribution in [0.1, 0.15) is 1.43 Å². The smallest absolute Gasteiger partial charge is 0.0973 e. The lowest BCUT2D eigenvalue weighted by Crippen LogP contribution is -2.62. The molecule has 1 saturated heterocycles. The first-order valence-corrected chi connectivity index (χ1v) is 4.12. The number of quaternary nitrogens is 1. The highest BCUT2D eigenvalue weighted by molar-refractivity contribution is 4.80. The Labute approximate surface area is 71.1 Å². The molecule has 1 heteroatoms. The van der Waals surface area contributed by atoms with Crippen molar-refractivity contribution in [3.8, 4) is 0 Å². The second-order valence-corrected chi connectivity index (χ2v) is 3.52. The van der Waals surface area contributed by atoms with Gasteiger partial charge in [0, 0.05) is 1.43 Å². The average molecular weight is 152 g/mol. The van der Waals surface area contributed by atoms with Crippen LogP contribution in [-0.4, -0.2) is 30.7 Å². The maximum atomic E-state index is 4.02. The molecule has 0 atom stereocenters. The van der Waals surface area contributed by atoms with E-state index >= 15 is 0 Å². The fraction of sp³-hybridized carbons (Fsp3) is 0.500. The largest absolute Gasteiger partial charge is 0.316 e. The predicted molar refractivity (Wildman–Crippen MR) is 50.1 cm³/mol. The molecule has 0 aromatic carbocycles. The molecule has 0 bridgehead atoms. The standard InChI is InChI=1S/C10H17N.H/c1-4-6-11(7-5-2)8-10(3)9-11;/h4-5,10H,1-3,6-9H2;/q+1;. The third-order valence-electron chi connectivity index (χ3n) is 2.32. The van der Waals surface area contributed by atoms with E-state index in [1.54, 1.807) is 0 Å². The molecule has 1 aliphatic rings. The predicted octanol–water partition coefficient (Wildman–Crippen LogP) is 1.75. The summed E-state index contributed by atoms with van der Waals surface area (Å²) in [7, 11) is 0. The van der Waals surface area contributed by atoms with Gasteiger partial charge in [-0.1, -0.05) is 13.2 Å². The van der Waals surface area contributed by atoms with Gasteiger partial charge in [-0.25, -0.2) is 0 Å². The average Bonchev–Trinajstić information content (AvgIpc) is 1.86. The maximum Gasteiger partial charge on any atom is 0.0973 e. The first-order chi connectivity index (χ1) is 5.22. The fourth-order valence-electron chi connectivity index (χ4n) is 1.96. The maximum absolute atomic E-state index is 4.02. The molecule has 0 aromatic heterocycles. The zero-order chi connectivity index (χ0) is 8.32. The van der Waals surface area contributed by atoms with Crippen molar-refractivity contribution in [3.05, 3.63) is 32.2 Å². The van der Waals surface area contributed by atoms with Crippen molar-refractivity contribution in [3.63, 3.8) is 0 Å². The summed E-state index contributed by atoms with van der Waals surface area (Å²) >= 11 is 0. The summed E-state index contributed by atoms with van der Waals surface area (Å²) in [5, 5.41) is 0. The van der Waals surface area contributed by atoms with Gasteiger partial charge in [0.05, 0.1) is 32.1 Å². The van der Waals surface area contributed by atoms with Crippen LogP contribution in [0.2, 0.25) is 0 Å². The van der Waals surface area contributed by atoms with Crippen LogP contribution in [0.25, 0.3) is 0 Å². The van der Waals surface area contributed by atoms with Crippen LogP contribution < -0.4 is 0 Å². The second-order valence-electron chi connectivity index (χ2n) is 3.52. The Morgan fingerprint density at radius 1 is 1.27 bits per heavy atom. The number of hydrogen-bond donors (Lipinski definition) is 0. The molecule has 62 valence electrons. The minimum atomic E-state index is 0. The molecule has 0 amide bonds. The van der Waals surface area contributed by atoms with Crippen LogP contribution in [0, 0.1) is 12.8 Å². The molecule has 0 aliphatic carbocycles. The summed E-state index contributed by atoms with van der Waals surface area (Å²) < 4.78 is 1.13. The third kappa shape index (κ3) is 1.72. The first kappa shape index (κ1) is 8.54. The molecule has 1 heterocycles. The second kappa shape index (κ2) is 3.22. The molecule has 11 heavy (non-hydrogen) atoms. The van der Waals surface area contributed by atoms with Crippen molar-refractivity contribution in [1.29, 1.82) is 0 Å². The van der Waals surface area contributed by atoms with Gasteiger partial charge in [-0.2, -0.15) is 0 Å². The number of rotatable bonds is 4. The van der Waals surface area contributed by atoms with Crippen LogP contribution in [-0.2, 0) is 0 Å². The summed E-state index contributed by atoms with van der Waals surface area (Å²) in [4.78, 5) is 0. The lowest BCUT2D eigenvalue weighted by molar-refractivity contribution is -0.961. The van der Waals surface area contributed by atoms with Gasteiger partial charge in [0.25, 0.3) is 0 Å². The van der Waals surface area contributed by atoms with Crippen LogP contribution in [0.4, 0.5) is 0 Å². The molecule has 0 unspecified atom stereocenters. The highest BCUT2D eigenvalue weighted by Crippen LogP contribution is 2.24. The van der Waals surface area contributed by atoms with Crippen LogP contribution >= 0.6 is 0 Å². The lowest BCUT2D eigenvalue weighted by atomic mass is 9.97. The van der Waals surface area contributed by atoms with Crippen LogP contribution in [0.5, 0.6) is 0 Å². The molecule has 0 aromatic rings. The van der Waals surface area contributed by atoms with E-state index in [-0.39, 0.29) is 1.43 Å². The minimum Gasteiger partial charge on any atom is -0.316 e. The Balaban J connectivity index is 0.00000121. The summed E-state index contributed by atoms with van der Waals surface area (Å²) in [6.07, 6.45) is 3.99. The summed E-state index contributed by atoms with van der Waals surface area (Å²) in [5.41, 5.74) is 0. The van der Waals surface area contributed by atoms with E-state index in [2.05, 4.69) is 20.1 Å². The van der Waals surface area contributed by atoms with Gasteiger partial charge in [0.15, 0.2) is 0 Å². The molecule has 1 rings (SSSR count). The molecule has 2 radical (unpaired) electrons. The van der Waals surface area contributed by atoms with E-state index in [1.807, 2.05) is 12.2 Å². The highest BCUT2D eigenvalue weighted by Gasteiger charge is 2.39. The summed E-state index contributed by atoms with van der Waals surface area (Å²) in [5.74, 6) is 0.648. The van der Waals surface area contributed by atoms with Gasteiger partial charge >= 0.3 is 0 Å². The van der Waals surface area contributed by atoms with Gasteiger partial charge in [0.2, 0.25) is 0 Å². The first-order valence-electron chi connectivity index (χ1n) is 4.12. The highest BCUT2D eigenvalue weighted by atomic mass is 15.4. The Bertz CT molecular complexity index is 147. The molecule has 0 N–H and O–H groups in total. The van der Waals surface area contributed by atoms with Crippen LogP contribution in [0.3, 0.4) is 0 Å². The Kier molecular flexibility index (Phi) is 2.50. The lowest BCUT2D eigenvalue weighted by Gasteiger charge is -2.48. The molecule has 1 nitrogen and oxygen atoms in total. The van der Waals surface area contributed by atoms with Crippen molar-refractivity contribution in [2.24, 2.45) is 5.92 Å². The Morgan fingerprint density at radius 3 is 2.00 bits per heavy atom. The third-order valence-corrected chi connectivity index (χ3v) is 2.32. The van der Waals surface area contributed by atoms with Crippen molar-refractivity contribution < 1.29 is 5.91 Å². The summed E-state index contributed by atoms with van der Waals surface area (Å²) in [6, 6.07) is 0. The Hall–Kier alpha value is -0.560. The van der Waals surface area contributed by atoms with E-state index in [4.69, 9.17) is 0 Å². The molecule has 1 fully saturated rings. The van der Waals surface area contributed by atoms with E-state index < -0.39 is 0 Å². The quantitative estimate of drug-likeness (QED) is 0.425. The zero-order valence-corrected chi connectivity index (χ0v) is 7.13. The van der Waals surface area contributed by atoms with Crippen molar-refractivity contribution in [2.75, 3.05) is 26.2 Å². The van der Waals surface area contributed by atoms with Crippen molar-refractivity contribution in [1.82, 2.24) is 0 Å². The van der Waals surface area contributed by atoms with E-state index in [1.165, 1.54) is 13.1 Å². The molecule has 0 saturated carbocycles.